The third-order valence-corrected chi connectivity index (χ3v) is 3.10. The lowest BCUT2D eigenvalue weighted by molar-refractivity contribution is -0.123. The van der Waals surface area contributed by atoms with Crippen molar-refractivity contribution in [1.82, 2.24) is 9.88 Å². The minimum absolute atomic E-state index is 0.0690. The van der Waals surface area contributed by atoms with E-state index >= 15 is 0 Å². The molecule has 0 radical (unpaired) electrons. The smallest absolute Gasteiger partial charge is 0.352 e. The summed E-state index contributed by atoms with van der Waals surface area (Å²) in [6, 6.07) is 3.38. The molecule has 17 heavy (non-hydrogen) atoms. The van der Waals surface area contributed by atoms with Gasteiger partial charge in [-0.2, -0.15) is 0 Å². The molecule has 2 rings (SSSR count). The summed E-state index contributed by atoms with van der Waals surface area (Å²) in [4.78, 5) is 22.5. The molecule has 0 saturated heterocycles. The Balaban J connectivity index is 1.89. The molecule has 1 aromatic rings. The number of nitrogens with one attached hydrogen (secondary N) is 1. The minimum Gasteiger partial charge on any atom is -0.477 e. The first kappa shape index (κ1) is 11.7. The van der Waals surface area contributed by atoms with E-state index in [1.54, 1.807) is 12.3 Å². The Morgan fingerprint density at radius 3 is 2.82 bits per heavy atom. The number of carboxylic acid groups (broad SMARTS) is 1. The van der Waals surface area contributed by atoms with Crippen LogP contribution in [0.25, 0.3) is 0 Å². The van der Waals surface area contributed by atoms with Crippen molar-refractivity contribution in [2.75, 3.05) is 0 Å². The summed E-state index contributed by atoms with van der Waals surface area (Å²) < 4.78 is 1.44. The van der Waals surface area contributed by atoms with Crippen LogP contribution in [0, 0.1) is 5.92 Å². The summed E-state index contributed by atoms with van der Waals surface area (Å²) in [6.45, 7) is 2.22. The van der Waals surface area contributed by atoms with Crippen molar-refractivity contribution in [1.29, 1.82) is 0 Å². The predicted octanol–water partition coefficient (Wildman–Crippen LogP) is 1.10. The number of hydrogen-bond acceptors (Lipinski definition) is 2. The Labute approximate surface area is 99.4 Å². The molecule has 92 valence electrons. The lowest BCUT2D eigenvalue weighted by atomic mass is 9.82. The SMILES string of the molecule is CC1CC(NC(=O)Cn2cccc2C(=O)O)C1. The maximum atomic E-state index is 11.7. The summed E-state index contributed by atoms with van der Waals surface area (Å²) in [5.74, 6) is -0.456. The Morgan fingerprint density at radius 2 is 2.24 bits per heavy atom. The van der Waals surface area contributed by atoms with Gasteiger partial charge in [0.15, 0.2) is 0 Å². The van der Waals surface area contributed by atoms with Crippen LogP contribution < -0.4 is 5.32 Å². The number of hydrogen-bond donors (Lipinski definition) is 2. The van der Waals surface area contributed by atoms with Crippen molar-refractivity contribution >= 4 is 11.9 Å². The largest absolute Gasteiger partial charge is 0.477 e. The van der Waals surface area contributed by atoms with E-state index in [1.807, 2.05) is 0 Å². The lowest BCUT2D eigenvalue weighted by Gasteiger charge is -2.33. The van der Waals surface area contributed by atoms with Gasteiger partial charge in [-0.1, -0.05) is 6.92 Å². The molecular formula is C12H16N2O3. The summed E-state index contributed by atoms with van der Waals surface area (Å²) in [7, 11) is 0. The zero-order valence-corrected chi connectivity index (χ0v) is 9.72. The van der Waals surface area contributed by atoms with Crippen LogP contribution in [-0.2, 0) is 11.3 Å². The van der Waals surface area contributed by atoms with Crippen molar-refractivity contribution in [3.05, 3.63) is 24.0 Å². The van der Waals surface area contributed by atoms with Gasteiger partial charge in [-0.05, 0) is 30.9 Å². The molecule has 5 nitrogen and oxygen atoms in total. The Morgan fingerprint density at radius 1 is 1.53 bits per heavy atom. The second kappa shape index (κ2) is 4.61. The second-order valence-corrected chi connectivity index (χ2v) is 4.67. The third kappa shape index (κ3) is 2.67. The molecule has 1 aliphatic carbocycles. The normalized spacial score (nSPS) is 22.9. The van der Waals surface area contributed by atoms with E-state index in [4.69, 9.17) is 5.11 Å². The average Bonchev–Trinajstić information content (AvgIpc) is 2.63. The van der Waals surface area contributed by atoms with Gasteiger partial charge in [0.05, 0.1) is 0 Å². The Bertz CT molecular complexity index is 433. The van der Waals surface area contributed by atoms with Gasteiger partial charge in [-0.3, -0.25) is 4.79 Å². The number of carbonyl (C=O) groups excluding carboxylic acids is 1. The van der Waals surface area contributed by atoms with E-state index < -0.39 is 5.97 Å². The summed E-state index contributed by atoms with van der Waals surface area (Å²) >= 11 is 0. The molecule has 0 spiro atoms. The topological polar surface area (TPSA) is 71.3 Å². The number of nitrogens with zero attached hydrogens (tertiary/aromatic N) is 1. The maximum Gasteiger partial charge on any atom is 0.352 e. The van der Waals surface area contributed by atoms with Gasteiger partial charge in [0.25, 0.3) is 0 Å². The van der Waals surface area contributed by atoms with Gasteiger partial charge in [-0.15, -0.1) is 0 Å². The predicted molar refractivity (Wildman–Crippen MR) is 61.7 cm³/mol. The number of carbonyl (C=O) groups is 2. The third-order valence-electron chi connectivity index (χ3n) is 3.10. The molecule has 0 aliphatic heterocycles. The number of rotatable bonds is 4. The molecular weight excluding hydrogens is 220 g/mol. The highest BCUT2D eigenvalue weighted by Crippen LogP contribution is 2.26. The molecule has 1 aromatic heterocycles. The van der Waals surface area contributed by atoms with Crippen LogP contribution in [0.5, 0.6) is 0 Å². The molecule has 5 heteroatoms. The monoisotopic (exact) mass is 236 g/mol. The molecule has 0 atom stereocenters. The Kier molecular flexibility index (Phi) is 3.17. The van der Waals surface area contributed by atoms with E-state index in [9.17, 15) is 9.59 Å². The van der Waals surface area contributed by atoms with Gasteiger partial charge in [-0.25, -0.2) is 4.79 Å². The molecule has 0 bridgehead atoms. The molecule has 1 aliphatic rings. The van der Waals surface area contributed by atoms with Crippen LogP contribution in [0.2, 0.25) is 0 Å². The highest BCUT2D eigenvalue weighted by molar-refractivity contribution is 5.86. The fraction of sp³-hybridized carbons (Fsp3) is 0.500. The highest BCUT2D eigenvalue weighted by Gasteiger charge is 2.26. The molecule has 1 heterocycles. The number of amides is 1. The number of aromatic carboxylic acids is 1. The molecule has 1 saturated carbocycles. The number of carboxylic acids is 1. The van der Waals surface area contributed by atoms with E-state index in [1.165, 1.54) is 10.6 Å². The Hall–Kier alpha value is -1.78. The summed E-state index contributed by atoms with van der Waals surface area (Å²) in [6.07, 6.45) is 3.64. The first-order chi connectivity index (χ1) is 8.06. The van der Waals surface area contributed by atoms with Gasteiger partial charge in [0, 0.05) is 12.2 Å². The van der Waals surface area contributed by atoms with Crippen molar-refractivity contribution in [2.45, 2.75) is 32.4 Å². The molecule has 2 N–H and O–H groups in total. The van der Waals surface area contributed by atoms with Crippen LogP contribution in [0.3, 0.4) is 0 Å². The first-order valence-electron chi connectivity index (χ1n) is 5.74. The van der Waals surface area contributed by atoms with Crippen LogP contribution in [-0.4, -0.2) is 27.6 Å². The van der Waals surface area contributed by atoms with Crippen LogP contribution in [0.1, 0.15) is 30.3 Å². The lowest BCUT2D eigenvalue weighted by Crippen LogP contribution is -2.44. The summed E-state index contributed by atoms with van der Waals surface area (Å²) in [5, 5.41) is 11.8. The van der Waals surface area contributed by atoms with Crippen molar-refractivity contribution in [3.8, 4) is 0 Å². The summed E-state index contributed by atoms with van der Waals surface area (Å²) in [5.41, 5.74) is 0.141. The van der Waals surface area contributed by atoms with Crippen molar-refractivity contribution in [2.24, 2.45) is 5.92 Å². The second-order valence-electron chi connectivity index (χ2n) is 4.67. The van der Waals surface area contributed by atoms with E-state index in [2.05, 4.69) is 12.2 Å². The van der Waals surface area contributed by atoms with Gasteiger partial charge in [0.1, 0.15) is 12.2 Å². The van der Waals surface area contributed by atoms with Crippen LogP contribution in [0.4, 0.5) is 0 Å². The zero-order valence-electron chi connectivity index (χ0n) is 9.72. The van der Waals surface area contributed by atoms with Crippen LogP contribution in [0.15, 0.2) is 18.3 Å². The van der Waals surface area contributed by atoms with Crippen molar-refractivity contribution in [3.63, 3.8) is 0 Å². The fourth-order valence-corrected chi connectivity index (χ4v) is 2.19. The molecule has 1 amide bonds. The van der Waals surface area contributed by atoms with Gasteiger partial charge < -0.3 is 15.0 Å². The maximum absolute atomic E-state index is 11.7. The fourth-order valence-electron chi connectivity index (χ4n) is 2.19. The molecule has 1 fully saturated rings. The molecule has 0 unspecified atom stereocenters. The quantitative estimate of drug-likeness (QED) is 0.822. The van der Waals surface area contributed by atoms with E-state index in [-0.39, 0.29) is 24.2 Å². The standard InChI is InChI=1S/C12H16N2O3/c1-8-5-9(6-8)13-11(15)7-14-4-2-3-10(14)12(16)17/h2-4,8-9H,5-7H2,1H3,(H,13,15)(H,16,17). The highest BCUT2D eigenvalue weighted by atomic mass is 16.4. The zero-order chi connectivity index (χ0) is 12.4. The van der Waals surface area contributed by atoms with Gasteiger partial charge >= 0.3 is 5.97 Å². The van der Waals surface area contributed by atoms with Crippen LogP contribution >= 0.6 is 0 Å². The minimum atomic E-state index is -1.01. The molecule has 0 aromatic carbocycles. The number of aromatic nitrogens is 1. The first-order valence-corrected chi connectivity index (χ1v) is 5.74. The van der Waals surface area contributed by atoms with Gasteiger partial charge in [0.2, 0.25) is 5.91 Å². The van der Waals surface area contributed by atoms with E-state index in [0.717, 1.165) is 12.8 Å². The van der Waals surface area contributed by atoms with E-state index in [0.29, 0.717) is 5.92 Å². The van der Waals surface area contributed by atoms with Crippen molar-refractivity contribution < 1.29 is 14.7 Å². The average molecular weight is 236 g/mol.